The highest BCUT2D eigenvalue weighted by molar-refractivity contribution is 5.78. The minimum Gasteiger partial charge on any atom is -0.458 e. The van der Waals surface area contributed by atoms with Gasteiger partial charge in [0.05, 0.1) is 11.7 Å². The predicted octanol–water partition coefficient (Wildman–Crippen LogP) is 1.20. The summed E-state index contributed by atoms with van der Waals surface area (Å²) in [7, 11) is 3.11. The lowest BCUT2D eigenvalue weighted by atomic mass is 10.1. The Hall–Kier alpha value is -3.99. The summed E-state index contributed by atoms with van der Waals surface area (Å²) in [5, 5.41) is 19.4. The first-order valence-electron chi connectivity index (χ1n) is 9.93. The molecule has 0 aliphatic rings. The number of hydrogen-bond donors (Lipinski definition) is 1. The van der Waals surface area contributed by atoms with E-state index in [1.165, 1.54) is 22.4 Å². The van der Waals surface area contributed by atoms with Gasteiger partial charge in [-0.25, -0.2) is 9.48 Å². The second kappa shape index (κ2) is 7.31. The first-order valence-corrected chi connectivity index (χ1v) is 9.93. The number of aliphatic hydroxyl groups is 1. The number of nitrogens with zero attached hydrogens (tertiary/aromatic N) is 6. The highest BCUT2D eigenvalue weighted by Crippen LogP contribution is 2.26. The van der Waals surface area contributed by atoms with Crippen LogP contribution in [0.2, 0.25) is 0 Å². The van der Waals surface area contributed by atoms with Crippen molar-refractivity contribution in [1.82, 2.24) is 29.1 Å². The van der Waals surface area contributed by atoms with Crippen molar-refractivity contribution in [3.8, 4) is 0 Å². The molecule has 1 aromatic carbocycles. The second-order valence-corrected chi connectivity index (χ2v) is 7.76. The molecule has 0 bridgehead atoms. The van der Waals surface area contributed by atoms with Crippen LogP contribution in [0.1, 0.15) is 29.1 Å². The monoisotopic (exact) mass is 436 g/mol. The Morgan fingerprint density at radius 1 is 1.16 bits per heavy atom. The van der Waals surface area contributed by atoms with Gasteiger partial charge < -0.3 is 14.0 Å². The Kier molecular flexibility index (Phi) is 4.55. The fourth-order valence-corrected chi connectivity index (χ4v) is 3.75. The van der Waals surface area contributed by atoms with Crippen LogP contribution in [0, 0.1) is 6.92 Å². The molecule has 0 aliphatic heterocycles. The third-order valence-corrected chi connectivity index (χ3v) is 5.46. The summed E-state index contributed by atoms with van der Waals surface area (Å²) in [6.45, 7) is 1.92. The molecule has 0 radical (unpaired) electrons. The molecule has 4 heterocycles. The van der Waals surface area contributed by atoms with Crippen molar-refractivity contribution in [2.24, 2.45) is 14.1 Å². The molecule has 1 atom stereocenters. The van der Waals surface area contributed by atoms with Crippen LogP contribution in [-0.4, -0.2) is 34.2 Å². The molecule has 0 spiro atoms. The van der Waals surface area contributed by atoms with Crippen LogP contribution >= 0.6 is 0 Å². The van der Waals surface area contributed by atoms with Gasteiger partial charge in [-0.05, 0) is 25.1 Å². The molecule has 5 aromatic rings. The van der Waals surface area contributed by atoms with E-state index >= 15 is 0 Å². The number of rotatable bonds is 5. The minimum absolute atomic E-state index is 0.0646. The number of hydrogen-bond acceptors (Lipinski definition) is 8. The van der Waals surface area contributed by atoms with Gasteiger partial charge in [-0.15, -0.1) is 0 Å². The molecular weight excluding hydrogens is 416 g/mol. The number of benzene rings is 1. The molecule has 0 aliphatic carbocycles. The Bertz CT molecular complexity index is 1580. The van der Waals surface area contributed by atoms with E-state index < -0.39 is 11.7 Å². The maximum absolute atomic E-state index is 12.8. The SMILES string of the molecule is Cc1ccc2oc([C@@H](O)Cc3noc(Cn4ncc5c(c4=O)n(C)c(=O)n5C)n3)cc2c1. The summed E-state index contributed by atoms with van der Waals surface area (Å²) in [6, 6.07) is 7.56. The molecule has 0 saturated carbocycles. The number of furan rings is 1. The predicted molar refractivity (Wildman–Crippen MR) is 113 cm³/mol. The zero-order valence-electron chi connectivity index (χ0n) is 17.6. The number of aryl methyl sites for hydroxylation is 3. The van der Waals surface area contributed by atoms with Gasteiger partial charge in [0.25, 0.3) is 5.56 Å². The van der Waals surface area contributed by atoms with E-state index in [1.54, 1.807) is 13.1 Å². The van der Waals surface area contributed by atoms with Gasteiger partial charge in [-0.2, -0.15) is 10.1 Å². The van der Waals surface area contributed by atoms with Crippen LogP contribution in [-0.2, 0) is 27.1 Å². The molecule has 1 N–H and O–H groups in total. The van der Waals surface area contributed by atoms with Crippen LogP contribution in [0.25, 0.3) is 22.0 Å². The van der Waals surface area contributed by atoms with Crippen molar-refractivity contribution in [2.45, 2.75) is 26.0 Å². The second-order valence-electron chi connectivity index (χ2n) is 7.76. The minimum atomic E-state index is -0.954. The Balaban J connectivity index is 1.37. The van der Waals surface area contributed by atoms with Gasteiger partial charge in [-0.1, -0.05) is 16.8 Å². The van der Waals surface area contributed by atoms with Gasteiger partial charge >= 0.3 is 5.69 Å². The quantitative estimate of drug-likeness (QED) is 0.434. The van der Waals surface area contributed by atoms with E-state index in [0.717, 1.165) is 15.6 Å². The highest BCUT2D eigenvalue weighted by atomic mass is 16.5. The van der Waals surface area contributed by atoms with Crippen LogP contribution in [0.5, 0.6) is 0 Å². The fourth-order valence-electron chi connectivity index (χ4n) is 3.75. The molecule has 0 amide bonds. The lowest BCUT2D eigenvalue weighted by molar-refractivity contribution is 0.149. The van der Waals surface area contributed by atoms with E-state index in [1.807, 2.05) is 25.1 Å². The summed E-state index contributed by atoms with van der Waals surface area (Å²) in [6.07, 6.45) is 0.573. The number of fused-ring (bicyclic) bond motifs is 2. The number of aromatic nitrogens is 6. The molecule has 0 unspecified atom stereocenters. The summed E-state index contributed by atoms with van der Waals surface area (Å²) in [4.78, 5) is 29.1. The molecule has 11 heteroatoms. The molecular formula is C21H20N6O5. The molecule has 11 nitrogen and oxygen atoms in total. The van der Waals surface area contributed by atoms with E-state index in [2.05, 4.69) is 15.2 Å². The lowest BCUT2D eigenvalue weighted by Gasteiger charge is -2.03. The first kappa shape index (κ1) is 19.9. The van der Waals surface area contributed by atoms with E-state index in [4.69, 9.17) is 8.94 Å². The van der Waals surface area contributed by atoms with Crippen molar-refractivity contribution < 1.29 is 14.0 Å². The van der Waals surface area contributed by atoms with Crippen LogP contribution in [0.3, 0.4) is 0 Å². The Morgan fingerprint density at radius 2 is 1.97 bits per heavy atom. The third kappa shape index (κ3) is 3.23. The molecule has 0 saturated heterocycles. The molecule has 0 fully saturated rings. The highest BCUT2D eigenvalue weighted by Gasteiger charge is 2.19. The lowest BCUT2D eigenvalue weighted by Crippen LogP contribution is -2.26. The average molecular weight is 436 g/mol. The molecule has 4 aromatic heterocycles. The molecule has 5 rings (SSSR count). The van der Waals surface area contributed by atoms with Crippen LogP contribution in [0.4, 0.5) is 0 Å². The van der Waals surface area contributed by atoms with Crippen molar-refractivity contribution in [2.75, 3.05) is 0 Å². The topological polar surface area (TPSA) is 134 Å². The maximum Gasteiger partial charge on any atom is 0.328 e. The zero-order valence-corrected chi connectivity index (χ0v) is 17.6. The van der Waals surface area contributed by atoms with Crippen molar-refractivity contribution in [1.29, 1.82) is 0 Å². The van der Waals surface area contributed by atoms with Crippen molar-refractivity contribution in [3.05, 3.63) is 74.3 Å². The van der Waals surface area contributed by atoms with Gasteiger partial charge in [0.15, 0.2) is 5.82 Å². The largest absolute Gasteiger partial charge is 0.458 e. The van der Waals surface area contributed by atoms with Crippen LogP contribution < -0.4 is 11.2 Å². The molecule has 164 valence electrons. The van der Waals surface area contributed by atoms with E-state index in [-0.39, 0.29) is 35.9 Å². The number of imidazole rings is 1. The Morgan fingerprint density at radius 3 is 2.78 bits per heavy atom. The van der Waals surface area contributed by atoms with Gasteiger partial charge in [0, 0.05) is 25.9 Å². The smallest absolute Gasteiger partial charge is 0.328 e. The van der Waals surface area contributed by atoms with Crippen LogP contribution in [0.15, 0.2) is 49.0 Å². The average Bonchev–Trinajstić information content (AvgIpc) is 3.44. The summed E-state index contributed by atoms with van der Waals surface area (Å²) in [5.41, 5.74) is 1.71. The number of aliphatic hydroxyl groups excluding tert-OH is 1. The van der Waals surface area contributed by atoms with Gasteiger partial charge in [-0.3, -0.25) is 13.9 Å². The Labute approximate surface area is 180 Å². The first-order chi connectivity index (χ1) is 15.3. The maximum atomic E-state index is 12.8. The van der Waals surface area contributed by atoms with Gasteiger partial charge in [0.2, 0.25) is 5.89 Å². The normalized spacial score (nSPS) is 12.8. The summed E-state index contributed by atoms with van der Waals surface area (Å²) in [5.74, 6) is 0.831. The summed E-state index contributed by atoms with van der Waals surface area (Å²) >= 11 is 0. The third-order valence-electron chi connectivity index (χ3n) is 5.46. The fraction of sp³-hybridized carbons (Fsp3) is 0.286. The summed E-state index contributed by atoms with van der Waals surface area (Å²) < 4.78 is 14.7. The van der Waals surface area contributed by atoms with E-state index in [9.17, 15) is 14.7 Å². The molecule has 32 heavy (non-hydrogen) atoms. The zero-order chi connectivity index (χ0) is 22.6. The van der Waals surface area contributed by atoms with Gasteiger partial charge in [0.1, 0.15) is 29.5 Å². The van der Waals surface area contributed by atoms with Crippen molar-refractivity contribution >= 4 is 22.0 Å². The standard InChI is InChI=1S/C21H20N6O5/c1-11-4-5-15-12(6-11)7-16(31-15)14(28)8-17-23-18(32-24-17)10-27-20(29)19-13(9-22-27)25(2)21(30)26(19)3/h4-7,9,14,28H,8,10H2,1-3H3/t14-/m0/s1. The van der Waals surface area contributed by atoms with E-state index in [0.29, 0.717) is 16.9 Å². The van der Waals surface area contributed by atoms with Crippen molar-refractivity contribution in [3.63, 3.8) is 0 Å².